The molecule has 48 heavy (non-hydrogen) atoms. The Morgan fingerprint density at radius 1 is 0.438 bits per heavy atom. The van der Waals surface area contributed by atoms with Crippen molar-refractivity contribution in [2.24, 2.45) is 0 Å². The van der Waals surface area contributed by atoms with Gasteiger partial charge in [0.25, 0.3) is 0 Å². The lowest BCUT2D eigenvalue weighted by Gasteiger charge is -2.26. The number of hydrogen-bond acceptors (Lipinski definition) is 4. The molecule has 0 aliphatic rings. The minimum Gasteiger partial charge on any atom is -0.394 e. The zero-order chi connectivity index (χ0) is 35.2. The number of amides is 1. The van der Waals surface area contributed by atoms with Crippen LogP contribution < -0.4 is 5.32 Å². The third-order valence-corrected chi connectivity index (χ3v) is 10.5. The fourth-order valence-electron chi connectivity index (χ4n) is 7.05. The first-order chi connectivity index (χ1) is 23.6. The van der Waals surface area contributed by atoms with E-state index in [2.05, 4.69) is 19.2 Å². The van der Waals surface area contributed by atoms with Gasteiger partial charge in [-0.05, 0) is 12.8 Å². The summed E-state index contributed by atoms with van der Waals surface area (Å²) in [7, 11) is 0. The predicted molar refractivity (Wildman–Crippen MR) is 209 cm³/mol. The number of rotatable bonds is 40. The molecular formula is C43H87NO4. The molecule has 3 atom stereocenters. The summed E-state index contributed by atoms with van der Waals surface area (Å²) in [5.41, 5.74) is 0. The van der Waals surface area contributed by atoms with Crippen molar-refractivity contribution in [2.75, 3.05) is 6.61 Å². The zero-order valence-corrected chi connectivity index (χ0v) is 32.6. The molecule has 0 saturated carbocycles. The minimum atomic E-state index is -1.13. The first kappa shape index (κ1) is 47.4. The number of carbonyl (C=O) groups is 1. The van der Waals surface area contributed by atoms with E-state index in [1.807, 2.05) is 0 Å². The summed E-state index contributed by atoms with van der Waals surface area (Å²) in [6.07, 6.45) is 43.6. The summed E-state index contributed by atoms with van der Waals surface area (Å²) in [6.45, 7) is 4.18. The van der Waals surface area contributed by atoms with Gasteiger partial charge in [-0.1, -0.05) is 226 Å². The number of hydrogen-bond donors (Lipinski definition) is 4. The highest BCUT2D eigenvalue weighted by atomic mass is 16.3. The molecule has 288 valence electrons. The number of nitrogens with one attached hydrogen (secondary N) is 1. The predicted octanol–water partition coefficient (Wildman–Crippen LogP) is 12.3. The van der Waals surface area contributed by atoms with E-state index in [1.54, 1.807) is 0 Å². The summed E-state index contributed by atoms with van der Waals surface area (Å²) in [6, 6.07) is -0.801. The van der Waals surface area contributed by atoms with Crippen molar-refractivity contribution in [3.8, 4) is 0 Å². The van der Waals surface area contributed by atoms with Crippen molar-refractivity contribution < 1.29 is 20.1 Å². The second-order valence-corrected chi connectivity index (χ2v) is 15.3. The average molecular weight is 682 g/mol. The number of aliphatic hydroxyl groups is 3. The average Bonchev–Trinajstić information content (AvgIpc) is 3.09. The molecule has 0 aromatic rings. The van der Waals surface area contributed by atoms with E-state index in [0.29, 0.717) is 12.8 Å². The Morgan fingerprint density at radius 2 is 0.708 bits per heavy atom. The van der Waals surface area contributed by atoms with Crippen LogP contribution in [0, 0.1) is 0 Å². The van der Waals surface area contributed by atoms with Crippen molar-refractivity contribution in [2.45, 2.75) is 263 Å². The van der Waals surface area contributed by atoms with Gasteiger partial charge in [0, 0.05) is 6.42 Å². The summed E-state index contributed by atoms with van der Waals surface area (Å²) >= 11 is 0. The SMILES string of the molecule is CCCCCCCCCCCCCCCCCCCCCCCCCC(=O)NC(CO)C(O)C(O)CCCCCCCCCCCCC. The van der Waals surface area contributed by atoms with Gasteiger partial charge in [-0.25, -0.2) is 0 Å². The maximum absolute atomic E-state index is 12.4. The fraction of sp³-hybridized carbons (Fsp3) is 0.977. The van der Waals surface area contributed by atoms with Crippen LogP contribution in [0.4, 0.5) is 0 Å². The molecule has 0 aliphatic heterocycles. The normalized spacial score (nSPS) is 13.5. The van der Waals surface area contributed by atoms with Crippen molar-refractivity contribution in [3.05, 3.63) is 0 Å². The third-order valence-electron chi connectivity index (χ3n) is 10.5. The summed E-state index contributed by atoms with van der Waals surface area (Å²) in [5, 5.41) is 33.4. The second-order valence-electron chi connectivity index (χ2n) is 15.3. The Hall–Kier alpha value is -0.650. The molecule has 4 N–H and O–H groups in total. The van der Waals surface area contributed by atoms with Crippen molar-refractivity contribution in [3.63, 3.8) is 0 Å². The van der Waals surface area contributed by atoms with Crippen LogP contribution in [0.25, 0.3) is 0 Å². The lowest BCUT2D eigenvalue weighted by Crippen LogP contribution is -2.50. The maximum Gasteiger partial charge on any atom is 0.220 e. The van der Waals surface area contributed by atoms with Gasteiger partial charge in [-0.2, -0.15) is 0 Å². The fourth-order valence-corrected chi connectivity index (χ4v) is 7.05. The maximum atomic E-state index is 12.4. The molecule has 0 heterocycles. The first-order valence-electron chi connectivity index (χ1n) is 21.8. The number of aliphatic hydroxyl groups excluding tert-OH is 3. The molecule has 5 nitrogen and oxygen atoms in total. The van der Waals surface area contributed by atoms with Gasteiger partial charge in [-0.15, -0.1) is 0 Å². The van der Waals surface area contributed by atoms with Crippen LogP contribution in [0.2, 0.25) is 0 Å². The molecule has 5 heteroatoms. The zero-order valence-electron chi connectivity index (χ0n) is 32.6. The Balaban J connectivity index is 3.53. The highest BCUT2D eigenvalue weighted by Crippen LogP contribution is 2.17. The van der Waals surface area contributed by atoms with E-state index in [-0.39, 0.29) is 12.5 Å². The minimum absolute atomic E-state index is 0.140. The van der Waals surface area contributed by atoms with E-state index < -0.39 is 18.2 Å². The molecular weight excluding hydrogens is 594 g/mol. The molecule has 3 unspecified atom stereocenters. The number of unbranched alkanes of at least 4 members (excludes halogenated alkanes) is 32. The summed E-state index contributed by atoms with van der Waals surface area (Å²) in [5.74, 6) is -0.140. The van der Waals surface area contributed by atoms with Crippen LogP contribution in [-0.2, 0) is 4.79 Å². The van der Waals surface area contributed by atoms with Gasteiger partial charge in [-0.3, -0.25) is 4.79 Å². The van der Waals surface area contributed by atoms with E-state index in [0.717, 1.165) is 38.5 Å². The van der Waals surface area contributed by atoms with Crippen molar-refractivity contribution >= 4 is 5.91 Å². The molecule has 0 spiro atoms. The molecule has 0 aliphatic carbocycles. The van der Waals surface area contributed by atoms with Crippen LogP contribution in [0.1, 0.15) is 245 Å². The van der Waals surface area contributed by atoms with Gasteiger partial charge in [0.15, 0.2) is 0 Å². The molecule has 0 fully saturated rings. The van der Waals surface area contributed by atoms with Gasteiger partial charge in [0.05, 0.1) is 18.8 Å². The molecule has 0 aromatic carbocycles. The second kappa shape index (κ2) is 39.1. The Bertz CT molecular complexity index is 630. The van der Waals surface area contributed by atoms with Gasteiger partial charge < -0.3 is 20.6 Å². The van der Waals surface area contributed by atoms with E-state index in [9.17, 15) is 20.1 Å². The lowest BCUT2D eigenvalue weighted by molar-refractivity contribution is -0.124. The summed E-state index contributed by atoms with van der Waals surface area (Å²) in [4.78, 5) is 12.4. The highest BCUT2D eigenvalue weighted by molar-refractivity contribution is 5.76. The molecule has 0 radical (unpaired) electrons. The smallest absolute Gasteiger partial charge is 0.220 e. The van der Waals surface area contributed by atoms with Gasteiger partial charge in [0.2, 0.25) is 5.91 Å². The number of carbonyl (C=O) groups excluding carboxylic acids is 1. The Morgan fingerprint density at radius 3 is 1.00 bits per heavy atom. The molecule has 0 rings (SSSR count). The Kier molecular flexibility index (Phi) is 38.6. The lowest BCUT2D eigenvalue weighted by atomic mass is 9.99. The molecule has 0 aromatic heterocycles. The van der Waals surface area contributed by atoms with E-state index >= 15 is 0 Å². The van der Waals surface area contributed by atoms with E-state index in [4.69, 9.17) is 0 Å². The molecule has 1 amide bonds. The highest BCUT2D eigenvalue weighted by Gasteiger charge is 2.26. The Labute approximate surface area is 300 Å². The molecule has 0 saturated heterocycles. The van der Waals surface area contributed by atoms with Gasteiger partial charge >= 0.3 is 0 Å². The third kappa shape index (κ3) is 33.8. The van der Waals surface area contributed by atoms with Gasteiger partial charge in [0.1, 0.15) is 6.10 Å². The van der Waals surface area contributed by atoms with Crippen LogP contribution >= 0.6 is 0 Å². The largest absolute Gasteiger partial charge is 0.394 e. The quantitative estimate of drug-likeness (QED) is 0.0485. The molecule has 0 bridgehead atoms. The van der Waals surface area contributed by atoms with Crippen LogP contribution in [0.3, 0.4) is 0 Å². The summed E-state index contributed by atoms with van der Waals surface area (Å²) < 4.78 is 0. The van der Waals surface area contributed by atoms with Crippen molar-refractivity contribution in [1.29, 1.82) is 0 Å². The van der Waals surface area contributed by atoms with Crippen molar-refractivity contribution in [1.82, 2.24) is 5.32 Å². The topological polar surface area (TPSA) is 89.8 Å². The first-order valence-corrected chi connectivity index (χ1v) is 21.8. The van der Waals surface area contributed by atoms with Crippen LogP contribution in [0.5, 0.6) is 0 Å². The van der Waals surface area contributed by atoms with E-state index in [1.165, 1.54) is 180 Å². The monoisotopic (exact) mass is 682 g/mol. The van der Waals surface area contributed by atoms with Crippen LogP contribution in [-0.4, -0.2) is 46.1 Å². The standard InChI is InChI=1S/C43H87NO4/c1-3-5-7-9-11-13-15-16-17-18-19-20-21-22-23-24-25-26-28-30-32-34-36-38-42(47)44-40(39-45)43(48)41(46)37-35-33-31-29-27-14-12-10-8-6-4-2/h40-41,43,45-46,48H,3-39H2,1-2H3,(H,44,47). The van der Waals surface area contributed by atoms with Crippen LogP contribution in [0.15, 0.2) is 0 Å².